The normalized spacial score (nSPS) is 14.5. The summed E-state index contributed by atoms with van der Waals surface area (Å²) in [6.45, 7) is 6.20. The molecule has 4 rings (SSSR count). The van der Waals surface area contributed by atoms with Crippen molar-refractivity contribution in [1.82, 2.24) is 34.3 Å². The molecule has 0 unspecified atom stereocenters. The minimum Gasteiger partial charge on any atom is -0.349 e. The second-order valence-electron chi connectivity index (χ2n) is 6.67. The Morgan fingerprint density at radius 3 is 2.60 bits per heavy atom. The SMILES string of the molecule is CCc1nsc(N2CCN(C(=NC)NCc3nncn3-c3ccccc3)CC2)n1.I. The van der Waals surface area contributed by atoms with Crippen molar-refractivity contribution in [3.05, 3.63) is 48.3 Å². The summed E-state index contributed by atoms with van der Waals surface area (Å²) in [4.78, 5) is 13.6. The summed E-state index contributed by atoms with van der Waals surface area (Å²) in [6, 6.07) is 10.1. The van der Waals surface area contributed by atoms with Gasteiger partial charge >= 0.3 is 0 Å². The summed E-state index contributed by atoms with van der Waals surface area (Å²) in [5, 5.41) is 12.8. The van der Waals surface area contributed by atoms with Gasteiger partial charge in [-0.1, -0.05) is 25.1 Å². The second-order valence-corrected chi connectivity index (χ2v) is 7.40. The molecule has 9 nitrogen and oxygen atoms in total. The van der Waals surface area contributed by atoms with Crippen LogP contribution in [-0.2, 0) is 13.0 Å². The largest absolute Gasteiger partial charge is 0.349 e. The first-order chi connectivity index (χ1) is 14.3. The van der Waals surface area contributed by atoms with E-state index in [1.165, 1.54) is 11.5 Å². The lowest BCUT2D eigenvalue weighted by Crippen LogP contribution is -2.52. The average Bonchev–Trinajstić information content (AvgIpc) is 3.45. The summed E-state index contributed by atoms with van der Waals surface area (Å²) in [7, 11) is 1.81. The Bertz CT molecular complexity index is 948. The highest BCUT2D eigenvalue weighted by Crippen LogP contribution is 2.19. The van der Waals surface area contributed by atoms with Crippen molar-refractivity contribution in [1.29, 1.82) is 0 Å². The molecule has 0 spiro atoms. The fourth-order valence-corrected chi connectivity index (χ4v) is 4.10. The number of hydrogen-bond donors (Lipinski definition) is 1. The summed E-state index contributed by atoms with van der Waals surface area (Å²) in [5.41, 5.74) is 1.04. The molecule has 2 aromatic heterocycles. The molecule has 0 atom stereocenters. The van der Waals surface area contributed by atoms with E-state index in [1.807, 2.05) is 41.9 Å². The molecule has 0 radical (unpaired) electrons. The van der Waals surface area contributed by atoms with Crippen molar-refractivity contribution in [2.75, 3.05) is 38.1 Å². The van der Waals surface area contributed by atoms with Gasteiger partial charge in [0.15, 0.2) is 11.8 Å². The first-order valence-electron chi connectivity index (χ1n) is 9.76. The molecule has 1 aromatic carbocycles. The predicted octanol–water partition coefficient (Wildman–Crippen LogP) is 2.20. The van der Waals surface area contributed by atoms with E-state index in [9.17, 15) is 0 Å². The quantitative estimate of drug-likeness (QED) is 0.302. The molecular formula is C19H26IN9S. The Kier molecular flexibility index (Phi) is 7.96. The Morgan fingerprint density at radius 2 is 1.93 bits per heavy atom. The zero-order valence-electron chi connectivity index (χ0n) is 17.1. The first kappa shape index (κ1) is 22.4. The zero-order valence-corrected chi connectivity index (χ0v) is 20.2. The fraction of sp³-hybridized carbons (Fsp3) is 0.421. The molecule has 3 heterocycles. The van der Waals surface area contributed by atoms with Crippen molar-refractivity contribution in [3.8, 4) is 5.69 Å². The van der Waals surface area contributed by atoms with Gasteiger partial charge in [0.25, 0.3) is 0 Å². The van der Waals surface area contributed by atoms with Gasteiger partial charge in [0, 0.05) is 56.9 Å². The van der Waals surface area contributed by atoms with Crippen LogP contribution in [0.15, 0.2) is 41.7 Å². The molecule has 1 N–H and O–H groups in total. The minimum atomic E-state index is 0. The van der Waals surface area contributed by atoms with E-state index in [1.54, 1.807) is 6.33 Å². The standard InChI is InChI=1S/C19H25N9S.HI/c1-3-16-23-19(29-25-16)27-11-9-26(10-12-27)18(20-2)21-13-17-24-22-14-28(17)15-7-5-4-6-8-15;/h4-8,14H,3,9-13H2,1-2H3,(H,20,21);1H. The average molecular weight is 539 g/mol. The number of aromatic nitrogens is 5. The molecule has 11 heteroatoms. The van der Waals surface area contributed by atoms with Gasteiger partial charge in [0.05, 0.1) is 6.54 Å². The molecule has 30 heavy (non-hydrogen) atoms. The van der Waals surface area contributed by atoms with Crippen LogP contribution in [0, 0.1) is 0 Å². The van der Waals surface area contributed by atoms with E-state index in [0.29, 0.717) is 6.54 Å². The van der Waals surface area contributed by atoms with E-state index >= 15 is 0 Å². The van der Waals surface area contributed by atoms with E-state index in [0.717, 1.165) is 61.0 Å². The molecule has 1 aliphatic heterocycles. The Morgan fingerprint density at radius 1 is 1.17 bits per heavy atom. The molecule has 1 fully saturated rings. The number of halogens is 1. The Labute approximate surface area is 197 Å². The number of benzene rings is 1. The van der Waals surface area contributed by atoms with Gasteiger partial charge in [0.2, 0.25) is 5.13 Å². The van der Waals surface area contributed by atoms with Gasteiger partial charge in [0.1, 0.15) is 12.2 Å². The topological polar surface area (TPSA) is 87.4 Å². The highest BCUT2D eigenvalue weighted by Gasteiger charge is 2.22. The fourth-order valence-electron chi connectivity index (χ4n) is 3.30. The van der Waals surface area contributed by atoms with Gasteiger partial charge < -0.3 is 15.1 Å². The van der Waals surface area contributed by atoms with E-state index in [-0.39, 0.29) is 24.0 Å². The Balaban J connectivity index is 0.00000256. The van der Waals surface area contributed by atoms with Gasteiger partial charge in [-0.05, 0) is 12.1 Å². The minimum absolute atomic E-state index is 0. The summed E-state index contributed by atoms with van der Waals surface area (Å²) in [5.74, 6) is 2.64. The maximum Gasteiger partial charge on any atom is 0.205 e. The molecule has 0 aliphatic carbocycles. The summed E-state index contributed by atoms with van der Waals surface area (Å²) >= 11 is 1.49. The van der Waals surface area contributed by atoms with Crippen LogP contribution in [0.2, 0.25) is 0 Å². The number of hydrogen-bond acceptors (Lipinski definition) is 7. The smallest absolute Gasteiger partial charge is 0.205 e. The number of nitrogens with zero attached hydrogens (tertiary/aromatic N) is 8. The van der Waals surface area contributed by atoms with E-state index < -0.39 is 0 Å². The number of piperazine rings is 1. The predicted molar refractivity (Wildman–Crippen MR) is 130 cm³/mol. The van der Waals surface area contributed by atoms with Crippen LogP contribution in [0.25, 0.3) is 5.69 Å². The van der Waals surface area contributed by atoms with Crippen LogP contribution in [0.3, 0.4) is 0 Å². The van der Waals surface area contributed by atoms with Crippen LogP contribution in [0.1, 0.15) is 18.6 Å². The van der Waals surface area contributed by atoms with E-state index in [4.69, 9.17) is 0 Å². The van der Waals surface area contributed by atoms with E-state index in [2.05, 4.69) is 46.6 Å². The number of anilines is 1. The number of guanidine groups is 1. The summed E-state index contributed by atoms with van der Waals surface area (Å²) in [6.07, 6.45) is 2.61. The van der Waals surface area contributed by atoms with Crippen LogP contribution in [0.5, 0.6) is 0 Å². The number of aliphatic imine (C=N–C) groups is 1. The molecule has 160 valence electrons. The van der Waals surface area contributed by atoms with Crippen molar-refractivity contribution >= 4 is 46.6 Å². The number of nitrogens with one attached hydrogen (secondary N) is 1. The molecule has 0 saturated carbocycles. The molecule has 1 saturated heterocycles. The third kappa shape index (κ3) is 5.06. The summed E-state index contributed by atoms with van der Waals surface area (Å²) < 4.78 is 6.38. The Hall–Kier alpha value is -2.28. The number of aryl methyl sites for hydroxylation is 1. The van der Waals surface area contributed by atoms with Gasteiger partial charge in [-0.25, -0.2) is 4.98 Å². The van der Waals surface area contributed by atoms with Gasteiger partial charge in [-0.15, -0.1) is 34.2 Å². The van der Waals surface area contributed by atoms with Crippen molar-refractivity contribution < 1.29 is 0 Å². The van der Waals surface area contributed by atoms with Crippen LogP contribution >= 0.6 is 35.5 Å². The molecule has 0 bridgehead atoms. The molecule has 3 aromatic rings. The molecular weight excluding hydrogens is 513 g/mol. The monoisotopic (exact) mass is 539 g/mol. The van der Waals surface area contributed by atoms with Crippen LogP contribution in [0.4, 0.5) is 5.13 Å². The highest BCUT2D eigenvalue weighted by atomic mass is 127. The third-order valence-electron chi connectivity index (χ3n) is 4.89. The van der Waals surface area contributed by atoms with Crippen molar-refractivity contribution in [2.24, 2.45) is 4.99 Å². The van der Waals surface area contributed by atoms with Gasteiger partial charge in [-0.3, -0.25) is 9.56 Å². The van der Waals surface area contributed by atoms with Gasteiger partial charge in [-0.2, -0.15) is 4.37 Å². The third-order valence-corrected chi connectivity index (χ3v) is 5.71. The number of rotatable bonds is 5. The lowest BCUT2D eigenvalue weighted by atomic mass is 10.3. The molecule has 0 amide bonds. The first-order valence-corrected chi connectivity index (χ1v) is 10.5. The lowest BCUT2D eigenvalue weighted by Gasteiger charge is -2.36. The van der Waals surface area contributed by atoms with Crippen LogP contribution < -0.4 is 10.2 Å². The number of para-hydroxylation sites is 1. The van der Waals surface area contributed by atoms with Crippen LogP contribution in [-0.4, -0.2) is 68.2 Å². The zero-order chi connectivity index (χ0) is 20.1. The van der Waals surface area contributed by atoms with Crippen molar-refractivity contribution in [3.63, 3.8) is 0 Å². The maximum absolute atomic E-state index is 4.60. The maximum atomic E-state index is 4.60. The molecule has 1 aliphatic rings. The van der Waals surface area contributed by atoms with Crippen molar-refractivity contribution in [2.45, 2.75) is 19.9 Å². The lowest BCUT2D eigenvalue weighted by molar-refractivity contribution is 0.371. The highest BCUT2D eigenvalue weighted by molar-refractivity contribution is 14.0. The second kappa shape index (κ2) is 10.7.